The third-order valence-corrected chi connectivity index (χ3v) is 4.85. The van der Waals surface area contributed by atoms with Gasteiger partial charge in [0.25, 0.3) is 5.91 Å². The van der Waals surface area contributed by atoms with Crippen LogP contribution in [0.2, 0.25) is 5.02 Å². The summed E-state index contributed by atoms with van der Waals surface area (Å²) in [5.74, 6) is -0.112. The Morgan fingerprint density at radius 1 is 1.00 bits per heavy atom. The van der Waals surface area contributed by atoms with Gasteiger partial charge in [0.15, 0.2) is 11.3 Å². The van der Waals surface area contributed by atoms with Crippen molar-refractivity contribution in [2.24, 2.45) is 0 Å². The second kappa shape index (κ2) is 7.41. The molecular formula is C21H13ClN6O2. The molecule has 0 atom stereocenters. The van der Waals surface area contributed by atoms with E-state index in [9.17, 15) is 4.79 Å². The summed E-state index contributed by atoms with van der Waals surface area (Å²) in [5, 5.41) is 21.7. The van der Waals surface area contributed by atoms with Gasteiger partial charge in [-0.05, 0) is 46.7 Å². The van der Waals surface area contributed by atoms with Crippen LogP contribution in [0, 0.1) is 0 Å². The Labute approximate surface area is 174 Å². The van der Waals surface area contributed by atoms with Crippen molar-refractivity contribution in [2.75, 3.05) is 5.32 Å². The Kier molecular flexibility index (Phi) is 4.45. The lowest BCUT2D eigenvalue weighted by Crippen LogP contribution is -2.13. The van der Waals surface area contributed by atoms with Crippen LogP contribution < -0.4 is 5.32 Å². The molecule has 0 aliphatic carbocycles. The molecule has 0 unspecified atom stereocenters. The molecule has 0 spiro atoms. The summed E-state index contributed by atoms with van der Waals surface area (Å²) in [5.41, 5.74) is 3.73. The average molecular weight is 417 g/mol. The van der Waals surface area contributed by atoms with E-state index in [-0.39, 0.29) is 5.69 Å². The maximum atomic E-state index is 12.9. The number of hydrogen-bond donors (Lipinski definition) is 2. The van der Waals surface area contributed by atoms with Gasteiger partial charge in [-0.25, -0.2) is 0 Å². The van der Waals surface area contributed by atoms with Gasteiger partial charge in [0.1, 0.15) is 0 Å². The molecule has 0 saturated heterocycles. The molecule has 2 heterocycles. The quantitative estimate of drug-likeness (QED) is 0.443. The monoisotopic (exact) mass is 416 g/mol. The highest BCUT2D eigenvalue weighted by atomic mass is 35.5. The van der Waals surface area contributed by atoms with E-state index in [1.165, 1.54) is 0 Å². The van der Waals surface area contributed by atoms with Gasteiger partial charge in [-0.1, -0.05) is 53.2 Å². The summed E-state index contributed by atoms with van der Waals surface area (Å²) in [6, 6.07) is 20.5. The second-order valence-corrected chi connectivity index (χ2v) is 6.92. The number of rotatable bonds is 4. The molecule has 0 bridgehead atoms. The van der Waals surface area contributed by atoms with Gasteiger partial charge in [-0.3, -0.25) is 4.79 Å². The number of halogens is 1. The molecule has 0 fully saturated rings. The molecule has 0 aliphatic rings. The van der Waals surface area contributed by atoms with E-state index in [1.54, 1.807) is 18.2 Å². The Hall–Kier alpha value is -4.04. The smallest absolute Gasteiger partial charge is 0.278 e. The van der Waals surface area contributed by atoms with Crippen LogP contribution in [0.3, 0.4) is 0 Å². The van der Waals surface area contributed by atoms with Gasteiger partial charge in [0.2, 0.25) is 5.82 Å². The zero-order valence-corrected chi connectivity index (χ0v) is 16.1. The summed E-state index contributed by atoms with van der Waals surface area (Å²) < 4.78 is 5.42. The minimum Gasteiger partial charge on any atom is -0.355 e. The van der Waals surface area contributed by atoms with E-state index < -0.39 is 5.91 Å². The number of nitrogens with one attached hydrogen (secondary N) is 2. The predicted molar refractivity (Wildman–Crippen MR) is 112 cm³/mol. The Morgan fingerprint density at radius 3 is 2.67 bits per heavy atom. The number of aromatic nitrogens is 5. The predicted octanol–water partition coefficient (Wildman–Crippen LogP) is 4.58. The lowest BCUT2D eigenvalue weighted by molar-refractivity contribution is 0.102. The molecular weight excluding hydrogens is 404 g/mol. The lowest BCUT2D eigenvalue weighted by Gasteiger charge is -2.08. The SMILES string of the molecule is O=C(Nc1ccc(Cl)cc1-c1nn[nH]n1)c1noc2cc(-c3ccccc3)ccc12. The van der Waals surface area contributed by atoms with Crippen LogP contribution in [0.25, 0.3) is 33.5 Å². The van der Waals surface area contributed by atoms with Crippen LogP contribution >= 0.6 is 11.6 Å². The average Bonchev–Trinajstić information content (AvgIpc) is 3.45. The van der Waals surface area contributed by atoms with E-state index in [4.69, 9.17) is 16.1 Å². The minimum atomic E-state index is -0.423. The summed E-state index contributed by atoms with van der Waals surface area (Å²) in [7, 11) is 0. The van der Waals surface area contributed by atoms with Crippen molar-refractivity contribution in [1.29, 1.82) is 0 Å². The number of H-pyrrole nitrogens is 1. The number of carbonyl (C=O) groups is 1. The summed E-state index contributed by atoms with van der Waals surface area (Å²) >= 11 is 6.09. The fourth-order valence-corrected chi connectivity index (χ4v) is 3.35. The number of tetrazole rings is 1. The van der Waals surface area contributed by atoms with Gasteiger partial charge >= 0.3 is 0 Å². The molecule has 0 radical (unpaired) electrons. The maximum absolute atomic E-state index is 12.9. The molecule has 146 valence electrons. The van der Waals surface area contributed by atoms with E-state index in [1.807, 2.05) is 48.5 Å². The first-order valence-corrected chi connectivity index (χ1v) is 9.36. The largest absolute Gasteiger partial charge is 0.355 e. The number of fused-ring (bicyclic) bond motifs is 1. The fraction of sp³-hybridized carbons (Fsp3) is 0. The molecule has 30 heavy (non-hydrogen) atoms. The number of aromatic amines is 1. The molecule has 0 aliphatic heterocycles. The highest BCUT2D eigenvalue weighted by molar-refractivity contribution is 6.31. The first-order valence-electron chi connectivity index (χ1n) is 8.98. The lowest BCUT2D eigenvalue weighted by atomic mass is 10.0. The van der Waals surface area contributed by atoms with Crippen molar-refractivity contribution in [2.45, 2.75) is 0 Å². The van der Waals surface area contributed by atoms with Crippen molar-refractivity contribution in [1.82, 2.24) is 25.8 Å². The maximum Gasteiger partial charge on any atom is 0.278 e. The van der Waals surface area contributed by atoms with Gasteiger partial charge in [-0.15, -0.1) is 10.2 Å². The van der Waals surface area contributed by atoms with Crippen LogP contribution in [0.4, 0.5) is 5.69 Å². The molecule has 9 heteroatoms. The molecule has 5 aromatic rings. The first kappa shape index (κ1) is 18.0. The van der Waals surface area contributed by atoms with Gasteiger partial charge in [0.05, 0.1) is 11.1 Å². The zero-order chi connectivity index (χ0) is 20.5. The van der Waals surface area contributed by atoms with E-state index in [2.05, 4.69) is 31.1 Å². The topological polar surface area (TPSA) is 110 Å². The Balaban J connectivity index is 1.48. The van der Waals surface area contributed by atoms with Gasteiger partial charge in [0, 0.05) is 10.6 Å². The summed E-state index contributed by atoms with van der Waals surface area (Å²) in [4.78, 5) is 12.9. The highest BCUT2D eigenvalue weighted by Gasteiger charge is 2.19. The highest BCUT2D eigenvalue weighted by Crippen LogP contribution is 2.30. The second-order valence-electron chi connectivity index (χ2n) is 6.49. The van der Waals surface area contributed by atoms with Crippen molar-refractivity contribution >= 4 is 34.2 Å². The Morgan fingerprint density at radius 2 is 1.87 bits per heavy atom. The summed E-state index contributed by atoms with van der Waals surface area (Å²) in [6.07, 6.45) is 0. The normalized spacial score (nSPS) is 11.0. The number of amides is 1. The zero-order valence-electron chi connectivity index (χ0n) is 15.3. The molecule has 3 aromatic carbocycles. The van der Waals surface area contributed by atoms with Crippen molar-refractivity contribution < 1.29 is 9.32 Å². The standard InChI is InChI=1S/C21H13ClN6O2/c22-14-7-9-17(16(11-14)20-24-27-28-25-20)23-21(29)19-15-8-6-13(10-18(15)30-26-19)12-4-2-1-3-5-12/h1-11H,(H,23,29)(H,24,25,27,28). The molecule has 1 amide bonds. The van der Waals surface area contributed by atoms with Crippen LogP contribution in [0.1, 0.15) is 10.5 Å². The van der Waals surface area contributed by atoms with E-state index in [0.717, 1.165) is 11.1 Å². The molecule has 2 N–H and O–H groups in total. The fourth-order valence-electron chi connectivity index (χ4n) is 3.18. The van der Waals surface area contributed by atoms with Gasteiger partial charge in [-0.2, -0.15) is 5.21 Å². The number of hydrogen-bond acceptors (Lipinski definition) is 6. The Bertz CT molecular complexity index is 1350. The third-order valence-electron chi connectivity index (χ3n) is 4.61. The van der Waals surface area contributed by atoms with Crippen LogP contribution in [0.15, 0.2) is 71.3 Å². The van der Waals surface area contributed by atoms with Crippen LogP contribution in [0.5, 0.6) is 0 Å². The van der Waals surface area contributed by atoms with E-state index in [0.29, 0.717) is 33.1 Å². The van der Waals surface area contributed by atoms with Crippen LogP contribution in [-0.4, -0.2) is 31.7 Å². The van der Waals surface area contributed by atoms with E-state index >= 15 is 0 Å². The van der Waals surface area contributed by atoms with Crippen molar-refractivity contribution in [3.63, 3.8) is 0 Å². The number of anilines is 1. The van der Waals surface area contributed by atoms with Crippen molar-refractivity contribution in [3.8, 4) is 22.5 Å². The third kappa shape index (κ3) is 3.29. The van der Waals surface area contributed by atoms with Crippen LogP contribution in [-0.2, 0) is 0 Å². The van der Waals surface area contributed by atoms with Gasteiger partial charge < -0.3 is 9.84 Å². The van der Waals surface area contributed by atoms with Crippen molar-refractivity contribution in [3.05, 3.63) is 77.4 Å². The molecule has 8 nitrogen and oxygen atoms in total. The molecule has 5 rings (SSSR count). The summed E-state index contributed by atoms with van der Waals surface area (Å²) in [6.45, 7) is 0. The first-order chi connectivity index (χ1) is 14.7. The number of carbonyl (C=O) groups excluding carboxylic acids is 1. The number of nitrogens with zero attached hydrogens (tertiary/aromatic N) is 4. The minimum absolute atomic E-state index is 0.179. The molecule has 0 saturated carbocycles. The number of benzene rings is 3. The molecule has 2 aromatic heterocycles.